The quantitative estimate of drug-likeness (QED) is 0.507. The molecule has 154 valence electrons. The molecule has 1 aromatic heterocycles. The van der Waals surface area contributed by atoms with Crippen LogP contribution >= 0.6 is 15.9 Å². The molecule has 4 rings (SSSR count). The van der Waals surface area contributed by atoms with Gasteiger partial charge in [0, 0.05) is 29.1 Å². The summed E-state index contributed by atoms with van der Waals surface area (Å²) < 4.78 is 35.0. The molecule has 5 nitrogen and oxygen atoms in total. The van der Waals surface area contributed by atoms with Gasteiger partial charge >= 0.3 is 0 Å². The Kier molecular flexibility index (Phi) is 5.62. The van der Waals surface area contributed by atoms with Crippen LogP contribution in [0.15, 0.2) is 52.0 Å². The molecule has 2 heterocycles. The van der Waals surface area contributed by atoms with Gasteiger partial charge in [0.15, 0.2) is 0 Å². The lowest BCUT2D eigenvalue weighted by Gasteiger charge is -2.30. The Morgan fingerprint density at radius 2 is 1.83 bits per heavy atom. The Morgan fingerprint density at radius 3 is 2.52 bits per heavy atom. The zero-order valence-electron chi connectivity index (χ0n) is 16.7. The highest BCUT2D eigenvalue weighted by molar-refractivity contribution is 9.10. The fourth-order valence-corrected chi connectivity index (χ4v) is 5.80. The number of benzene rings is 2. The van der Waals surface area contributed by atoms with Gasteiger partial charge in [-0.25, -0.2) is 12.4 Å². The molecule has 0 amide bonds. The molecule has 2 aromatic carbocycles. The summed E-state index contributed by atoms with van der Waals surface area (Å²) in [5.41, 5.74) is 2.55. The highest BCUT2D eigenvalue weighted by atomic mass is 79.9. The van der Waals surface area contributed by atoms with Gasteiger partial charge in [0.25, 0.3) is 10.0 Å². The van der Waals surface area contributed by atoms with Gasteiger partial charge in [0.2, 0.25) is 0 Å². The van der Waals surface area contributed by atoms with Crippen LogP contribution in [0.1, 0.15) is 31.7 Å². The molecule has 0 bridgehead atoms. The van der Waals surface area contributed by atoms with Gasteiger partial charge in [-0.2, -0.15) is 0 Å². The van der Waals surface area contributed by atoms with Crippen molar-refractivity contribution in [3.05, 3.63) is 52.6 Å². The van der Waals surface area contributed by atoms with E-state index in [2.05, 4.69) is 20.8 Å². The highest BCUT2D eigenvalue weighted by Gasteiger charge is 2.24. The fourth-order valence-electron chi connectivity index (χ4n) is 4.05. The molecule has 29 heavy (non-hydrogen) atoms. The molecular weight excluding hydrogens is 452 g/mol. The summed E-state index contributed by atoms with van der Waals surface area (Å²) >= 11 is 3.47. The van der Waals surface area contributed by atoms with E-state index in [1.165, 1.54) is 10.4 Å². The van der Waals surface area contributed by atoms with Crippen molar-refractivity contribution in [3.63, 3.8) is 0 Å². The van der Waals surface area contributed by atoms with Crippen molar-refractivity contribution in [1.29, 1.82) is 0 Å². The molecule has 7 heteroatoms. The third kappa shape index (κ3) is 3.66. The molecule has 1 fully saturated rings. The number of ether oxygens (including phenoxy) is 1. The van der Waals surface area contributed by atoms with E-state index < -0.39 is 10.0 Å². The zero-order chi connectivity index (χ0) is 20.6. The van der Waals surface area contributed by atoms with Crippen LogP contribution in [0, 0.1) is 0 Å². The normalized spacial score (nSPS) is 15.1. The van der Waals surface area contributed by atoms with Crippen LogP contribution in [0.25, 0.3) is 10.9 Å². The zero-order valence-corrected chi connectivity index (χ0v) is 19.1. The first kappa shape index (κ1) is 20.3. The molecule has 0 N–H and O–H groups in total. The van der Waals surface area contributed by atoms with E-state index in [1.54, 1.807) is 31.5 Å². The first-order valence-corrected chi connectivity index (χ1v) is 12.2. The van der Waals surface area contributed by atoms with Crippen molar-refractivity contribution >= 4 is 42.5 Å². The van der Waals surface area contributed by atoms with E-state index in [0.717, 1.165) is 53.5 Å². The van der Waals surface area contributed by atoms with E-state index in [-0.39, 0.29) is 4.90 Å². The van der Waals surface area contributed by atoms with Gasteiger partial charge < -0.3 is 9.64 Å². The number of nitrogens with zero attached hydrogens (tertiary/aromatic N) is 2. The lowest BCUT2D eigenvalue weighted by atomic mass is 10.1. The topological polar surface area (TPSA) is 51.5 Å². The van der Waals surface area contributed by atoms with Crippen molar-refractivity contribution in [1.82, 2.24) is 3.97 Å². The molecule has 0 aliphatic carbocycles. The van der Waals surface area contributed by atoms with Gasteiger partial charge in [-0.15, -0.1) is 0 Å². The third-order valence-corrected chi connectivity index (χ3v) is 7.76. The van der Waals surface area contributed by atoms with Gasteiger partial charge in [0.1, 0.15) is 5.75 Å². The molecule has 1 aliphatic heterocycles. The number of aromatic nitrogens is 1. The van der Waals surface area contributed by atoms with E-state index in [9.17, 15) is 8.42 Å². The van der Waals surface area contributed by atoms with Gasteiger partial charge in [-0.3, -0.25) is 0 Å². The Balaban J connectivity index is 1.86. The number of anilines is 1. The molecule has 0 atom stereocenters. The summed E-state index contributed by atoms with van der Waals surface area (Å²) in [6, 6.07) is 10.9. The number of halogens is 1. The van der Waals surface area contributed by atoms with E-state index >= 15 is 0 Å². The molecular formula is C22H25BrN2O3S. The fraction of sp³-hybridized carbons (Fsp3) is 0.364. The SMILES string of the molecule is CCc1cn(S(=O)(=O)c2ccc(OC)c(N3CCCCC3)c2)c2cc(Br)ccc12. The van der Waals surface area contributed by atoms with Crippen LogP contribution in [0.2, 0.25) is 0 Å². The smallest absolute Gasteiger partial charge is 0.268 e. The molecule has 1 aliphatic rings. The minimum atomic E-state index is -3.74. The standard InChI is InChI=1S/C22H25BrN2O3S/c1-3-16-15-25(20-13-17(23)7-9-19(16)20)29(26,27)18-8-10-22(28-2)21(14-18)24-11-5-4-6-12-24/h7-10,13-15H,3-6,11-12H2,1-2H3. The average Bonchev–Trinajstić information content (AvgIpc) is 3.12. The summed E-state index contributed by atoms with van der Waals surface area (Å²) in [7, 11) is -2.12. The number of rotatable bonds is 5. The lowest BCUT2D eigenvalue weighted by Crippen LogP contribution is -2.30. The second kappa shape index (κ2) is 8.03. The molecule has 0 unspecified atom stereocenters. The molecule has 0 saturated carbocycles. The number of piperidine rings is 1. The van der Waals surface area contributed by atoms with Crippen molar-refractivity contribution < 1.29 is 13.2 Å². The van der Waals surface area contributed by atoms with Crippen LogP contribution in [-0.2, 0) is 16.4 Å². The van der Waals surface area contributed by atoms with E-state index in [4.69, 9.17) is 4.74 Å². The number of fused-ring (bicyclic) bond motifs is 1. The lowest BCUT2D eigenvalue weighted by molar-refractivity contribution is 0.412. The summed E-state index contributed by atoms with van der Waals surface area (Å²) in [6.07, 6.45) is 5.94. The number of methoxy groups -OCH3 is 1. The van der Waals surface area contributed by atoms with Crippen molar-refractivity contribution in [2.75, 3.05) is 25.1 Å². The average molecular weight is 477 g/mol. The monoisotopic (exact) mass is 476 g/mol. The third-order valence-electron chi connectivity index (χ3n) is 5.60. The Morgan fingerprint density at radius 1 is 1.07 bits per heavy atom. The Hall–Kier alpha value is -1.99. The number of aryl methyl sites for hydroxylation is 1. The minimum Gasteiger partial charge on any atom is -0.495 e. The highest BCUT2D eigenvalue weighted by Crippen LogP contribution is 2.35. The first-order valence-electron chi connectivity index (χ1n) is 9.93. The van der Waals surface area contributed by atoms with Gasteiger partial charge in [0.05, 0.1) is 23.2 Å². The summed E-state index contributed by atoms with van der Waals surface area (Å²) in [4.78, 5) is 2.50. The minimum absolute atomic E-state index is 0.276. The molecule has 0 spiro atoms. The molecule has 1 saturated heterocycles. The van der Waals surface area contributed by atoms with Gasteiger partial charge in [-0.1, -0.05) is 28.9 Å². The first-order chi connectivity index (χ1) is 14.0. The van der Waals surface area contributed by atoms with Crippen LogP contribution in [-0.4, -0.2) is 32.6 Å². The number of hydrogen-bond acceptors (Lipinski definition) is 4. The molecule has 0 radical (unpaired) electrons. The van der Waals surface area contributed by atoms with Crippen LogP contribution in [0.4, 0.5) is 5.69 Å². The van der Waals surface area contributed by atoms with Crippen LogP contribution in [0.3, 0.4) is 0 Å². The summed E-state index contributed by atoms with van der Waals surface area (Å²) in [6.45, 7) is 3.87. The largest absolute Gasteiger partial charge is 0.495 e. The predicted octanol–water partition coefficient (Wildman–Crippen LogP) is 5.20. The van der Waals surface area contributed by atoms with E-state index in [1.807, 2.05) is 25.1 Å². The Bertz CT molecular complexity index is 1150. The molecule has 3 aromatic rings. The summed E-state index contributed by atoms with van der Waals surface area (Å²) in [5, 5.41) is 0.962. The summed E-state index contributed by atoms with van der Waals surface area (Å²) in [5.74, 6) is 0.709. The number of hydrogen-bond donors (Lipinski definition) is 0. The van der Waals surface area contributed by atoms with Crippen LogP contribution in [0.5, 0.6) is 5.75 Å². The van der Waals surface area contributed by atoms with Crippen LogP contribution < -0.4 is 9.64 Å². The maximum Gasteiger partial charge on any atom is 0.268 e. The second-order valence-electron chi connectivity index (χ2n) is 7.35. The second-order valence-corrected chi connectivity index (χ2v) is 10.1. The predicted molar refractivity (Wildman–Crippen MR) is 121 cm³/mol. The van der Waals surface area contributed by atoms with Crippen molar-refractivity contribution in [2.24, 2.45) is 0 Å². The Labute approximate surface area is 180 Å². The van der Waals surface area contributed by atoms with E-state index in [0.29, 0.717) is 11.3 Å². The van der Waals surface area contributed by atoms with Crippen molar-refractivity contribution in [3.8, 4) is 5.75 Å². The maximum absolute atomic E-state index is 13.6. The maximum atomic E-state index is 13.6. The van der Waals surface area contributed by atoms with Crippen molar-refractivity contribution in [2.45, 2.75) is 37.5 Å². The van der Waals surface area contributed by atoms with Gasteiger partial charge in [-0.05, 0) is 61.6 Å².